The van der Waals surface area contributed by atoms with Crippen LogP contribution < -0.4 is 5.30 Å². The van der Waals surface area contributed by atoms with Crippen LogP contribution in [0.3, 0.4) is 0 Å². The summed E-state index contributed by atoms with van der Waals surface area (Å²) in [6.07, 6.45) is 0. The predicted molar refractivity (Wildman–Crippen MR) is 84.4 cm³/mol. The number of aliphatic hydroxyl groups is 1. The van der Waals surface area contributed by atoms with Crippen molar-refractivity contribution in [2.24, 2.45) is 0 Å². The van der Waals surface area contributed by atoms with E-state index in [4.69, 9.17) is 4.52 Å². The molecule has 2 aromatic carbocycles. The zero-order valence-corrected chi connectivity index (χ0v) is 13.5. The molecule has 0 saturated carbocycles. The monoisotopic (exact) mass is 354 g/mol. The van der Waals surface area contributed by atoms with Crippen molar-refractivity contribution in [3.8, 4) is 0 Å². The highest BCUT2D eigenvalue weighted by Gasteiger charge is 2.35. The Morgan fingerprint density at radius 1 is 1.15 bits per heavy atom. The molecule has 3 nitrogen and oxygen atoms in total. The molecular weight excluding hydrogens is 339 g/mol. The van der Waals surface area contributed by atoms with Crippen LogP contribution in [0.4, 0.5) is 0 Å². The van der Waals surface area contributed by atoms with E-state index in [0.29, 0.717) is 10.9 Å². The number of hydrogen-bond acceptors (Lipinski definition) is 3. The van der Waals surface area contributed by atoms with E-state index < -0.39 is 13.2 Å². The molecule has 0 fully saturated rings. The van der Waals surface area contributed by atoms with Gasteiger partial charge < -0.3 is 9.63 Å². The standard InChI is InChI=1S/C15H16BrO3P/c1-2-19-20(18,14-6-4-3-5-7-14)15(17)12-8-10-13(16)11-9-12/h3-11,15,17H,2H2,1H3/t15-,20-/m1/s1. The first-order valence-corrected chi connectivity index (χ1v) is 8.80. The van der Waals surface area contributed by atoms with Gasteiger partial charge in [0.25, 0.3) is 7.37 Å². The normalized spacial score (nSPS) is 15.6. The molecule has 0 bridgehead atoms. The first kappa shape index (κ1) is 15.5. The molecule has 0 spiro atoms. The summed E-state index contributed by atoms with van der Waals surface area (Å²) in [5.74, 6) is -1.17. The SMILES string of the molecule is CCO[P@](=O)(c1ccccc1)[C@@H](O)c1ccc(Br)cc1. The van der Waals surface area contributed by atoms with Crippen LogP contribution in [-0.4, -0.2) is 11.7 Å². The summed E-state index contributed by atoms with van der Waals surface area (Å²) in [4.78, 5) is 0. The van der Waals surface area contributed by atoms with Crippen LogP contribution in [0.2, 0.25) is 0 Å². The Morgan fingerprint density at radius 3 is 2.30 bits per heavy atom. The molecule has 0 aliphatic rings. The topological polar surface area (TPSA) is 46.5 Å². The molecular formula is C15H16BrO3P. The summed E-state index contributed by atoms with van der Waals surface area (Å²) in [6.45, 7) is 2.05. The van der Waals surface area contributed by atoms with Gasteiger partial charge in [-0.05, 0) is 36.8 Å². The fourth-order valence-corrected chi connectivity index (χ4v) is 4.32. The fraction of sp³-hybridized carbons (Fsp3) is 0.200. The molecule has 106 valence electrons. The van der Waals surface area contributed by atoms with Gasteiger partial charge in [-0.2, -0.15) is 0 Å². The van der Waals surface area contributed by atoms with Crippen LogP contribution in [0.15, 0.2) is 59.1 Å². The maximum Gasteiger partial charge on any atom is 0.264 e. The van der Waals surface area contributed by atoms with Gasteiger partial charge in [-0.1, -0.05) is 46.3 Å². The summed E-state index contributed by atoms with van der Waals surface area (Å²) in [5, 5.41) is 11.0. The van der Waals surface area contributed by atoms with Gasteiger partial charge in [-0.15, -0.1) is 0 Å². The lowest BCUT2D eigenvalue weighted by Crippen LogP contribution is -2.14. The fourth-order valence-electron chi connectivity index (χ4n) is 1.95. The lowest BCUT2D eigenvalue weighted by molar-refractivity contribution is 0.218. The Hall–Kier alpha value is -0.930. The molecule has 0 aliphatic heterocycles. The van der Waals surface area contributed by atoms with Crippen LogP contribution in [0.25, 0.3) is 0 Å². The van der Waals surface area contributed by atoms with Crippen molar-refractivity contribution in [1.82, 2.24) is 0 Å². The van der Waals surface area contributed by atoms with Gasteiger partial charge in [0.05, 0.1) is 6.61 Å². The van der Waals surface area contributed by atoms with E-state index in [-0.39, 0.29) is 6.61 Å². The molecule has 0 unspecified atom stereocenters. The quantitative estimate of drug-likeness (QED) is 0.823. The molecule has 0 heterocycles. The minimum atomic E-state index is -3.36. The average molecular weight is 355 g/mol. The van der Waals surface area contributed by atoms with Gasteiger partial charge in [-0.3, -0.25) is 4.57 Å². The molecule has 2 rings (SSSR count). The highest BCUT2D eigenvalue weighted by atomic mass is 79.9. The second-order valence-corrected chi connectivity index (χ2v) is 7.65. The van der Waals surface area contributed by atoms with Crippen LogP contribution in [-0.2, 0) is 9.09 Å². The van der Waals surface area contributed by atoms with Crippen LogP contribution >= 0.6 is 23.3 Å². The third kappa shape index (κ3) is 3.21. The largest absolute Gasteiger partial charge is 0.378 e. The zero-order valence-electron chi connectivity index (χ0n) is 11.1. The van der Waals surface area contributed by atoms with Crippen molar-refractivity contribution in [3.63, 3.8) is 0 Å². The van der Waals surface area contributed by atoms with E-state index in [2.05, 4.69) is 15.9 Å². The summed E-state index contributed by atoms with van der Waals surface area (Å²) >= 11 is 3.34. The molecule has 0 aromatic heterocycles. The van der Waals surface area contributed by atoms with Gasteiger partial charge in [0.1, 0.15) is 0 Å². The first-order chi connectivity index (χ1) is 9.58. The van der Waals surface area contributed by atoms with Gasteiger partial charge in [0.15, 0.2) is 5.85 Å². The third-order valence-corrected chi connectivity index (χ3v) is 6.06. The summed E-state index contributed by atoms with van der Waals surface area (Å²) in [6, 6.07) is 15.9. The molecule has 0 amide bonds. The molecule has 0 saturated heterocycles. The van der Waals surface area contributed by atoms with Crippen LogP contribution in [0, 0.1) is 0 Å². The van der Waals surface area contributed by atoms with Crippen molar-refractivity contribution in [1.29, 1.82) is 0 Å². The van der Waals surface area contributed by atoms with Gasteiger partial charge >= 0.3 is 0 Å². The maximum atomic E-state index is 13.1. The summed E-state index contributed by atoms with van der Waals surface area (Å²) in [5.41, 5.74) is 0.578. The number of benzene rings is 2. The molecule has 0 radical (unpaired) electrons. The van der Waals surface area contributed by atoms with Gasteiger partial charge in [-0.25, -0.2) is 0 Å². The summed E-state index contributed by atoms with van der Waals surface area (Å²) in [7, 11) is -3.36. The second-order valence-electron chi connectivity index (χ2n) is 4.28. The smallest absolute Gasteiger partial charge is 0.264 e. The van der Waals surface area contributed by atoms with Crippen molar-refractivity contribution < 1.29 is 14.2 Å². The number of halogens is 1. The minimum absolute atomic E-state index is 0.278. The van der Waals surface area contributed by atoms with E-state index in [1.807, 2.05) is 6.07 Å². The highest BCUT2D eigenvalue weighted by molar-refractivity contribution is 9.10. The van der Waals surface area contributed by atoms with E-state index in [0.717, 1.165) is 4.47 Å². The van der Waals surface area contributed by atoms with E-state index in [1.54, 1.807) is 55.5 Å². The van der Waals surface area contributed by atoms with Crippen LogP contribution in [0.5, 0.6) is 0 Å². The van der Waals surface area contributed by atoms with E-state index >= 15 is 0 Å². The number of hydrogen-bond donors (Lipinski definition) is 1. The average Bonchev–Trinajstić information content (AvgIpc) is 2.48. The van der Waals surface area contributed by atoms with E-state index in [1.165, 1.54) is 0 Å². The van der Waals surface area contributed by atoms with Crippen LogP contribution in [0.1, 0.15) is 18.3 Å². The zero-order chi connectivity index (χ0) is 14.6. The molecule has 0 aliphatic carbocycles. The lowest BCUT2D eigenvalue weighted by atomic mass is 10.2. The first-order valence-electron chi connectivity index (χ1n) is 6.31. The molecule has 2 aromatic rings. The number of rotatable bonds is 5. The minimum Gasteiger partial charge on any atom is -0.378 e. The van der Waals surface area contributed by atoms with Crippen molar-refractivity contribution >= 4 is 28.6 Å². The Morgan fingerprint density at radius 2 is 1.75 bits per heavy atom. The van der Waals surface area contributed by atoms with E-state index in [9.17, 15) is 9.67 Å². The Kier molecular flexibility index (Phi) is 5.17. The Labute approximate surface area is 127 Å². The molecule has 20 heavy (non-hydrogen) atoms. The highest BCUT2D eigenvalue weighted by Crippen LogP contribution is 2.57. The molecule has 1 N–H and O–H groups in total. The number of aliphatic hydroxyl groups excluding tert-OH is 1. The maximum absolute atomic E-state index is 13.1. The predicted octanol–water partition coefficient (Wildman–Crippen LogP) is 4.08. The lowest BCUT2D eigenvalue weighted by Gasteiger charge is -2.24. The molecule has 2 atom stereocenters. The Bertz CT molecular complexity index is 598. The second kappa shape index (κ2) is 6.68. The third-order valence-electron chi connectivity index (χ3n) is 2.93. The van der Waals surface area contributed by atoms with Crippen molar-refractivity contribution in [2.75, 3.05) is 6.61 Å². The van der Waals surface area contributed by atoms with Gasteiger partial charge in [0, 0.05) is 9.78 Å². The van der Waals surface area contributed by atoms with Gasteiger partial charge in [0.2, 0.25) is 0 Å². The van der Waals surface area contributed by atoms with Crippen molar-refractivity contribution in [3.05, 3.63) is 64.6 Å². The van der Waals surface area contributed by atoms with Crippen molar-refractivity contribution in [2.45, 2.75) is 12.8 Å². The Balaban J connectivity index is 2.42. The molecule has 5 heteroatoms. The summed E-state index contributed by atoms with van der Waals surface area (Å²) < 4.78 is 19.5.